The van der Waals surface area contributed by atoms with E-state index in [-0.39, 0.29) is 0 Å². The van der Waals surface area contributed by atoms with Gasteiger partial charge < -0.3 is 5.11 Å². The Morgan fingerprint density at radius 3 is 2.56 bits per heavy atom. The second-order valence-electron chi connectivity index (χ2n) is 4.71. The molecule has 0 amide bonds. The number of hydrogen-bond donors (Lipinski definition) is 1. The third-order valence-electron chi connectivity index (χ3n) is 3.08. The molecular formula is C15H19NOS. The van der Waals surface area contributed by atoms with Crippen LogP contribution in [0, 0.1) is 6.92 Å². The standard InChI is InChI=1S/C15H19NOS/c1-3-9-15(17,13-7-5-4-6-8-13)10-14-16-12(2)11-18-14/h4-8,11,17H,3,9-10H2,1-2H3. The van der Waals surface area contributed by atoms with E-state index in [1.807, 2.05) is 42.6 Å². The molecule has 2 nitrogen and oxygen atoms in total. The molecule has 1 heterocycles. The smallest absolute Gasteiger partial charge is 0.0960 e. The van der Waals surface area contributed by atoms with E-state index in [1.54, 1.807) is 11.3 Å². The van der Waals surface area contributed by atoms with Gasteiger partial charge in [-0.05, 0) is 18.9 Å². The van der Waals surface area contributed by atoms with Crippen LogP contribution in [0.4, 0.5) is 0 Å². The molecule has 2 aromatic rings. The van der Waals surface area contributed by atoms with Crippen molar-refractivity contribution in [3.8, 4) is 0 Å². The largest absolute Gasteiger partial charge is 0.385 e. The molecule has 1 atom stereocenters. The van der Waals surface area contributed by atoms with Gasteiger partial charge in [0.25, 0.3) is 0 Å². The minimum absolute atomic E-state index is 0.601. The molecule has 0 fully saturated rings. The first kappa shape index (κ1) is 13.2. The fourth-order valence-corrected chi connectivity index (χ4v) is 3.11. The van der Waals surface area contributed by atoms with Gasteiger partial charge in [0.15, 0.2) is 0 Å². The number of benzene rings is 1. The minimum atomic E-state index is -0.791. The predicted octanol–water partition coefficient (Wildman–Crippen LogP) is 3.68. The predicted molar refractivity (Wildman–Crippen MR) is 75.8 cm³/mol. The van der Waals surface area contributed by atoms with Crippen molar-refractivity contribution < 1.29 is 5.11 Å². The van der Waals surface area contributed by atoms with Crippen LogP contribution in [-0.4, -0.2) is 10.1 Å². The summed E-state index contributed by atoms with van der Waals surface area (Å²) in [5, 5.41) is 14.0. The number of hydrogen-bond acceptors (Lipinski definition) is 3. The Morgan fingerprint density at radius 2 is 2.00 bits per heavy atom. The lowest BCUT2D eigenvalue weighted by molar-refractivity contribution is 0.0268. The molecule has 1 aromatic heterocycles. The van der Waals surface area contributed by atoms with Crippen LogP contribution in [0.5, 0.6) is 0 Å². The topological polar surface area (TPSA) is 33.1 Å². The molecule has 0 aliphatic rings. The molecule has 0 aliphatic heterocycles. The third kappa shape index (κ3) is 2.98. The summed E-state index contributed by atoms with van der Waals surface area (Å²) in [6.07, 6.45) is 2.31. The maximum absolute atomic E-state index is 10.9. The van der Waals surface area contributed by atoms with E-state index in [9.17, 15) is 5.11 Å². The van der Waals surface area contributed by atoms with Crippen LogP contribution in [0.15, 0.2) is 35.7 Å². The summed E-state index contributed by atoms with van der Waals surface area (Å²) in [4.78, 5) is 4.46. The number of thiazole rings is 1. The Labute approximate surface area is 112 Å². The molecule has 96 valence electrons. The molecule has 1 unspecified atom stereocenters. The van der Waals surface area contributed by atoms with E-state index in [1.165, 1.54) is 0 Å². The van der Waals surface area contributed by atoms with Crippen molar-refractivity contribution in [2.24, 2.45) is 0 Å². The molecule has 3 heteroatoms. The zero-order valence-corrected chi connectivity index (χ0v) is 11.7. The highest BCUT2D eigenvalue weighted by molar-refractivity contribution is 7.09. The van der Waals surface area contributed by atoms with Gasteiger partial charge in [0.05, 0.1) is 10.6 Å². The zero-order valence-electron chi connectivity index (χ0n) is 10.9. The van der Waals surface area contributed by atoms with Crippen molar-refractivity contribution in [2.45, 2.75) is 38.7 Å². The van der Waals surface area contributed by atoms with Crippen molar-refractivity contribution in [1.82, 2.24) is 4.98 Å². The summed E-state index contributed by atoms with van der Waals surface area (Å²) < 4.78 is 0. The van der Waals surface area contributed by atoms with E-state index in [4.69, 9.17) is 0 Å². The van der Waals surface area contributed by atoms with Crippen LogP contribution in [-0.2, 0) is 12.0 Å². The van der Waals surface area contributed by atoms with Gasteiger partial charge in [-0.2, -0.15) is 0 Å². The first-order valence-corrected chi connectivity index (χ1v) is 7.21. The summed E-state index contributed by atoms with van der Waals surface area (Å²) in [6, 6.07) is 9.92. The SMILES string of the molecule is CCCC(O)(Cc1nc(C)cs1)c1ccccc1. The normalized spacial score (nSPS) is 14.4. The number of aryl methyl sites for hydroxylation is 1. The second-order valence-corrected chi connectivity index (χ2v) is 5.65. The van der Waals surface area contributed by atoms with E-state index in [0.29, 0.717) is 6.42 Å². The van der Waals surface area contributed by atoms with Gasteiger partial charge in [0, 0.05) is 17.5 Å². The minimum Gasteiger partial charge on any atom is -0.385 e. The molecule has 0 aliphatic carbocycles. The van der Waals surface area contributed by atoms with Gasteiger partial charge in [0.2, 0.25) is 0 Å². The summed E-state index contributed by atoms with van der Waals surface area (Å²) in [5.41, 5.74) is 1.22. The van der Waals surface area contributed by atoms with Crippen molar-refractivity contribution in [3.05, 3.63) is 52.0 Å². The highest BCUT2D eigenvalue weighted by Gasteiger charge is 2.29. The average molecular weight is 261 g/mol. The summed E-state index contributed by atoms with van der Waals surface area (Å²) >= 11 is 1.63. The van der Waals surface area contributed by atoms with Crippen molar-refractivity contribution in [3.63, 3.8) is 0 Å². The lowest BCUT2D eigenvalue weighted by Gasteiger charge is -2.27. The Balaban J connectivity index is 2.26. The molecule has 1 N–H and O–H groups in total. The van der Waals surface area contributed by atoms with Crippen LogP contribution >= 0.6 is 11.3 Å². The monoisotopic (exact) mass is 261 g/mol. The Kier molecular flexibility index (Phi) is 4.15. The molecule has 18 heavy (non-hydrogen) atoms. The van der Waals surface area contributed by atoms with Gasteiger partial charge >= 0.3 is 0 Å². The molecule has 0 radical (unpaired) electrons. The van der Waals surface area contributed by atoms with Gasteiger partial charge in [-0.15, -0.1) is 11.3 Å². The lowest BCUT2D eigenvalue weighted by atomic mass is 9.86. The second kappa shape index (κ2) is 5.63. The van der Waals surface area contributed by atoms with E-state index in [0.717, 1.165) is 29.1 Å². The maximum Gasteiger partial charge on any atom is 0.0960 e. The molecule has 2 rings (SSSR count). The Morgan fingerprint density at radius 1 is 1.28 bits per heavy atom. The summed E-state index contributed by atoms with van der Waals surface area (Å²) in [5.74, 6) is 0. The van der Waals surface area contributed by atoms with Gasteiger partial charge in [0.1, 0.15) is 0 Å². The number of aromatic nitrogens is 1. The number of rotatable bonds is 5. The molecule has 0 saturated heterocycles. The fraction of sp³-hybridized carbons (Fsp3) is 0.400. The van der Waals surface area contributed by atoms with Crippen LogP contribution in [0.1, 0.15) is 36.0 Å². The van der Waals surface area contributed by atoms with Crippen LogP contribution in [0.2, 0.25) is 0 Å². The number of aliphatic hydroxyl groups is 1. The Hall–Kier alpha value is -1.19. The van der Waals surface area contributed by atoms with Gasteiger partial charge in [-0.25, -0.2) is 4.98 Å². The van der Waals surface area contributed by atoms with Crippen LogP contribution in [0.3, 0.4) is 0 Å². The first-order valence-electron chi connectivity index (χ1n) is 6.33. The average Bonchev–Trinajstić information content (AvgIpc) is 2.76. The zero-order chi connectivity index (χ0) is 13.0. The van der Waals surface area contributed by atoms with Gasteiger partial charge in [-0.3, -0.25) is 0 Å². The highest BCUT2D eigenvalue weighted by atomic mass is 32.1. The van der Waals surface area contributed by atoms with E-state index < -0.39 is 5.60 Å². The van der Waals surface area contributed by atoms with E-state index >= 15 is 0 Å². The molecule has 0 bridgehead atoms. The molecule has 0 spiro atoms. The fourth-order valence-electron chi connectivity index (χ4n) is 2.23. The van der Waals surface area contributed by atoms with E-state index in [2.05, 4.69) is 11.9 Å². The first-order chi connectivity index (χ1) is 8.64. The van der Waals surface area contributed by atoms with Crippen LogP contribution < -0.4 is 0 Å². The summed E-state index contributed by atoms with van der Waals surface area (Å²) in [7, 11) is 0. The molecule has 0 saturated carbocycles. The third-order valence-corrected chi connectivity index (χ3v) is 4.05. The van der Waals surface area contributed by atoms with Crippen molar-refractivity contribution in [1.29, 1.82) is 0 Å². The van der Waals surface area contributed by atoms with Crippen LogP contribution in [0.25, 0.3) is 0 Å². The van der Waals surface area contributed by atoms with Crippen molar-refractivity contribution in [2.75, 3.05) is 0 Å². The molecular weight excluding hydrogens is 242 g/mol. The quantitative estimate of drug-likeness (QED) is 0.890. The lowest BCUT2D eigenvalue weighted by Crippen LogP contribution is -2.28. The summed E-state index contributed by atoms with van der Waals surface area (Å²) in [6.45, 7) is 4.09. The number of nitrogens with zero attached hydrogens (tertiary/aromatic N) is 1. The molecule has 1 aromatic carbocycles. The Bertz CT molecular complexity index is 494. The highest BCUT2D eigenvalue weighted by Crippen LogP contribution is 2.31. The maximum atomic E-state index is 10.9. The van der Waals surface area contributed by atoms with Crippen molar-refractivity contribution >= 4 is 11.3 Å². The van der Waals surface area contributed by atoms with Gasteiger partial charge in [-0.1, -0.05) is 43.7 Å².